The van der Waals surface area contributed by atoms with Crippen molar-refractivity contribution in [3.63, 3.8) is 0 Å². The van der Waals surface area contributed by atoms with Gasteiger partial charge in [0.25, 0.3) is 0 Å². The third-order valence-electron chi connectivity index (χ3n) is 8.48. The van der Waals surface area contributed by atoms with E-state index in [-0.39, 0.29) is 48.0 Å². The Morgan fingerprint density at radius 3 is 2.39 bits per heavy atom. The summed E-state index contributed by atoms with van der Waals surface area (Å²) in [5.74, 6) is -0.461. The van der Waals surface area contributed by atoms with E-state index in [1.165, 1.54) is 13.8 Å². The number of ether oxygens (including phenoxy) is 2. The molecule has 4 rings (SSSR count). The molecular weight excluding hydrogens is 895 g/mol. The minimum absolute atomic E-state index is 0.0272. The summed E-state index contributed by atoms with van der Waals surface area (Å²) in [7, 11) is -14.9. The Morgan fingerprint density at radius 1 is 1.03 bits per heavy atom. The maximum atomic E-state index is 12.7. The molecule has 1 aromatic carbocycles. The number of phosphoric acid groups is 3. The number of rotatable bonds is 23. The summed E-state index contributed by atoms with van der Waals surface area (Å²) in [4.78, 5) is 88.0. The summed E-state index contributed by atoms with van der Waals surface area (Å²) >= 11 is 1.04. The normalized spacial score (nSPS) is 20.9. The first-order valence-electron chi connectivity index (χ1n) is 17.9. The van der Waals surface area contributed by atoms with Gasteiger partial charge in [-0.3, -0.25) is 32.5 Å². The van der Waals surface area contributed by atoms with Crippen LogP contribution in [0.25, 0.3) is 17.2 Å². The number of allylic oxidation sites excluding steroid dienone is 1. The Bertz CT molecular complexity index is 2170. The summed E-state index contributed by atoms with van der Waals surface area (Å²) in [6.07, 6.45) is -3.25. The summed E-state index contributed by atoms with van der Waals surface area (Å²) < 4.78 is 67.3. The molecular formula is C32H46N7O18P3S. The molecule has 1 aliphatic rings. The van der Waals surface area contributed by atoms with Gasteiger partial charge in [-0.25, -0.2) is 28.6 Å². The van der Waals surface area contributed by atoms with Gasteiger partial charge in [-0.15, -0.1) is 0 Å². The second kappa shape index (κ2) is 21.6. The topological polar surface area (TPSA) is 373 Å². The summed E-state index contributed by atoms with van der Waals surface area (Å²) in [5, 5.41) is 26.3. The zero-order valence-corrected chi connectivity index (χ0v) is 36.2. The van der Waals surface area contributed by atoms with Crippen molar-refractivity contribution in [2.45, 2.75) is 57.3 Å². The molecule has 0 spiro atoms. The fourth-order valence-electron chi connectivity index (χ4n) is 5.36. The maximum Gasteiger partial charge on any atom is 0.481 e. The minimum Gasteiger partial charge on any atom is -0.497 e. The molecule has 61 heavy (non-hydrogen) atoms. The van der Waals surface area contributed by atoms with Crippen LogP contribution in [0.4, 0.5) is 5.82 Å². The number of nitrogens with one attached hydrogen (secondary N) is 2. The van der Waals surface area contributed by atoms with E-state index in [0.717, 1.165) is 34.5 Å². The van der Waals surface area contributed by atoms with E-state index in [2.05, 4.69) is 34.4 Å². The SMILES string of the molecule is COc1ccc(/C=C/CC(=O)SCCNC(=O)CCNC(=O)[C@H](O)C(C)(C)COP(=O)(O)OP(=O)(O)OC[C@H]2O[C@@H](n3cnc4c(N)ncnc43)[C@H](O)[C@@H]2OP(=O)(O)O)cc1. The van der Waals surface area contributed by atoms with Gasteiger partial charge in [0.2, 0.25) is 11.8 Å². The molecule has 1 aliphatic heterocycles. The number of nitrogens with zero attached hydrogens (tertiary/aromatic N) is 4. The number of nitrogens with two attached hydrogens (primary N) is 1. The van der Waals surface area contributed by atoms with Crippen molar-refractivity contribution in [1.82, 2.24) is 30.2 Å². The quantitative estimate of drug-likeness (QED) is 0.0468. The van der Waals surface area contributed by atoms with E-state index in [1.807, 2.05) is 12.1 Å². The van der Waals surface area contributed by atoms with Crippen molar-refractivity contribution < 1.29 is 85.2 Å². The van der Waals surface area contributed by atoms with Crippen molar-refractivity contribution in [2.75, 3.05) is 44.9 Å². The summed E-state index contributed by atoms with van der Waals surface area (Å²) in [6, 6.07) is 7.30. The highest BCUT2D eigenvalue weighted by Crippen LogP contribution is 2.61. The molecule has 1 saturated heterocycles. The molecule has 2 unspecified atom stereocenters. The lowest BCUT2D eigenvalue weighted by Gasteiger charge is -2.30. The van der Waals surface area contributed by atoms with Crippen molar-refractivity contribution in [2.24, 2.45) is 5.41 Å². The highest BCUT2D eigenvalue weighted by molar-refractivity contribution is 8.13. The number of anilines is 1. The molecule has 0 aliphatic carbocycles. The highest BCUT2D eigenvalue weighted by Gasteiger charge is 2.50. The largest absolute Gasteiger partial charge is 0.497 e. The lowest BCUT2D eigenvalue weighted by atomic mass is 9.87. The molecule has 25 nitrogen and oxygen atoms in total. The average molecular weight is 942 g/mol. The Morgan fingerprint density at radius 2 is 1.72 bits per heavy atom. The van der Waals surface area contributed by atoms with Gasteiger partial charge >= 0.3 is 23.5 Å². The summed E-state index contributed by atoms with van der Waals surface area (Å²) in [5.41, 5.74) is 5.15. The van der Waals surface area contributed by atoms with Crippen LogP contribution in [0.2, 0.25) is 0 Å². The van der Waals surface area contributed by atoms with Crippen LogP contribution in [0.5, 0.6) is 5.75 Å². The number of benzene rings is 1. The molecule has 2 amide bonds. The number of phosphoric ester groups is 3. The van der Waals surface area contributed by atoms with Crippen LogP contribution < -0.4 is 21.1 Å². The van der Waals surface area contributed by atoms with Gasteiger partial charge in [0.1, 0.15) is 42.0 Å². The number of amides is 2. The van der Waals surface area contributed by atoms with Crippen LogP contribution in [-0.4, -0.2) is 130 Å². The fraction of sp³-hybridized carbons (Fsp3) is 0.500. The van der Waals surface area contributed by atoms with Gasteiger partial charge in [-0.1, -0.05) is 49.9 Å². The van der Waals surface area contributed by atoms with Crippen molar-refractivity contribution in [3.8, 4) is 5.75 Å². The smallest absolute Gasteiger partial charge is 0.481 e. The number of imidazole rings is 1. The van der Waals surface area contributed by atoms with E-state index >= 15 is 0 Å². The predicted molar refractivity (Wildman–Crippen MR) is 214 cm³/mol. The minimum atomic E-state index is -5.58. The lowest BCUT2D eigenvalue weighted by molar-refractivity contribution is -0.137. The first-order valence-corrected chi connectivity index (χ1v) is 23.4. The third-order valence-corrected chi connectivity index (χ3v) is 12.5. The second-order valence-corrected chi connectivity index (χ2v) is 19.1. The Labute approximate surface area is 351 Å². The van der Waals surface area contributed by atoms with Crippen molar-refractivity contribution >= 4 is 75.2 Å². The monoisotopic (exact) mass is 941 g/mol. The zero-order chi connectivity index (χ0) is 45.2. The number of methoxy groups -OCH3 is 1. The van der Waals surface area contributed by atoms with Crippen LogP contribution in [0.15, 0.2) is 43.0 Å². The molecule has 29 heteroatoms. The Hall–Kier alpha value is -3.68. The van der Waals surface area contributed by atoms with Crippen molar-refractivity contribution in [1.29, 1.82) is 0 Å². The Balaban J connectivity index is 1.18. The first-order chi connectivity index (χ1) is 28.5. The number of aliphatic hydroxyl groups excluding tert-OH is 2. The number of hydrogen-bond acceptors (Lipinski definition) is 19. The average Bonchev–Trinajstić information content (AvgIpc) is 3.74. The number of nitrogen functional groups attached to an aromatic ring is 1. The molecule has 7 atom stereocenters. The lowest BCUT2D eigenvalue weighted by Crippen LogP contribution is -2.46. The van der Waals surface area contributed by atoms with Crippen LogP contribution in [0, 0.1) is 5.41 Å². The van der Waals surface area contributed by atoms with Gasteiger partial charge in [-0.2, -0.15) is 4.31 Å². The summed E-state index contributed by atoms with van der Waals surface area (Å²) in [6.45, 7) is 0.425. The van der Waals surface area contributed by atoms with Crippen LogP contribution in [-0.2, 0) is 50.7 Å². The first kappa shape index (κ1) is 50.0. The molecule has 0 bridgehead atoms. The number of fused-ring (bicyclic) bond motifs is 1. The number of hydrogen-bond donors (Lipinski definition) is 9. The fourth-order valence-corrected chi connectivity index (χ4v) is 8.84. The molecule has 338 valence electrons. The highest BCUT2D eigenvalue weighted by atomic mass is 32.2. The molecule has 1 fully saturated rings. The number of thioether (sulfide) groups is 1. The predicted octanol–water partition coefficient (Wildman–Crippen LogP) is 0.777. The Kier molecular flexibility index (Phi) is 17.7. The molecule has 3 aromatic rings. The van der Waals surface area contributed by atoms with Gasteiger partial charge in [0, 0.05) is 37.1 Å². The van der Waals surface area contributed by atoms with Crippen LogP contribution in [0.1, 0.15) is 38.5 Å². The molecule has 2 aromatic heterocycles. The number of carbonyl (C=O) groups is 3. The van der Waals surface area contributed by atoms with Gasteiger partial charge in [-0.05, 0) is 17.7 Å². The second-order valence-electron chi connectivity index (χ2n) is 13.7. The van der Waals surface area contributed by atoms with E-state index < -0.39 is 84.6 Å². The molecule has 0 saturated carbocycles. The zero-order valence-electron chi connectivity index (χ0n) is 32.7. The standard InChI is InChI=1S/C32H46N7O18P3S/c1-32(2,27(43)30(44)35-12-11-22(40)34-13-14-61-23(41)6-4-5-19-7-9-20(52-3)10-8-19)16-54-60(50,51)57-59(48,49)53-15-21-26(56-58(45,46)47)25(42)31(55-21)39-18-38-24-28(33)36-17-37-29(24)39/h4-5,7-10,17-18,21,25-27,31,42-43H,6,11-16H2,1-3H3,(H,34,40)(H,35,44)(H,48,49)(H,50,51)(H2,33,36,37)(H2,45,46,47)/b5-4+/t21-,25-,26-,27+,31-/m1/s1. The van der Waals surface area contributed by atoms with Gasteiger partial charge in [0.15, 0.2) is 22.8 Å². The molecule has 10 N–H and O–H groups in total. The van der Waals surface area contributed by atoms with Crippen molar-refractivity contribution in [3.05, 3.63) is 48.6 Å². The van der Waals surface area contributed by atoms with E-state index in [0.29, 0.717) is 11.5 Å². The maximum absolute atomic E-state index is 12.7. The number of aliphatic hydroxyl groups is 2. The number of carbonyl (C=O) groups excluding carboxylic acids is 3. The van der Waals surface area contributed by atoms with E-state index in [9.17, 15) is 57.9 Å². The number of aromatic nitrogens is 4. The molecule has 0 radical (unpaired) electrons. The van der Waals surface area contributed by atoms with Gasteiger partial charge < -0.3 is 55.6 Å². The van der Waals surface area contributed by atoms with E-state index in [1.54, 1.807) is 31.4 Å². The molecule has 3 heterocycles. The van der Waals surface area contributed by atoms with Crippen LogP contribution in [0.3, 0.4) is 0 Å². The third kappa shape index (κ3) is 15.3. The van der Waals surface area contributed by atoms with E-state index in [4.69, 9.17) is 24.3 Å². The van der Waals surface area contributed by atoms with Gasteiger partial charge in [0.05, 0.1) is 26.7 Å². The van der Waals surface area contributed by atoms with Crippen LogP contribution >= 0.6 is 35.2 Å².